The molecule has 1 aromatic carbocycles. The number of sulfonamides is 1. The zero-order valence-electron chi connectivity index (χ0n) is 18.8. The van der Waals surface area contributed by atoms with Gasteiger partial charge in [0, 0.05) is 0 Å². The number of hydrogen-bond donors (Lipinski definition) is 1. The number of primary sulfonamides is 1. The molecule has 0 radical (unpaired) electrons. The van der Waals surface area contributed by atoms with Gasteiger partial charge in [0.1, 0.15) is 0 Å². The van der Waals surface area contributed by atoms with Crippen LogP contribution in [0.15, 0.2) is 29.2 Å². The van der Waals surface area contributed by atoms with E-state index in [0.29, 0.717) is 4.46 Å². The van der Waals surface area contributed by atoms with Crippen LogP contribution in [0, 0.1) is 0 Å². The van der Waals surface area contributed by atoms with Crippen LogP contribution in [0.4, 0.5) is 0 Å². The molecule has 0 unspecified atom stereocenters. The number of rotatable bonds is 8. The van der Waals surface area contributed by atoms with Gasteiger partial charge in [-0.1, -0.05) is 0 Å². The molecule has 0 amide bonds. The molecule has 1 aliphatic rings. The summed E-state index contributed by atoms with van der Waals surface area (Å²) in [4.78, 5) is 46.7. The van der Waals surface area contributed by atoms with Crippen LogP contribution in [0.1, 0.15) is 27.7 Å². The van der Waals surface area contributed by atoms with Crippen molar-refractivity contribution >= 4 is 53.3 Å². The number of nitrogens with two attached hydrogens (primary N) is 1. The van der Waals surface area contributed by atoms with Crippen LogP contribution in [0.3, 0.4) is 0 Å². The van der Waals surface area contributed by atoms with Crippen molar-refractivity contribution in [2.75, 3.05) is 6.61 Å². The molecule has 34 heavy (non-hydrogen) atoms. The molecule has 1 aliphatic heterocycles. The molecule has 0 spiro atoms. The van der Waals surface area contributed by atoms with Gasteiger partial charge in [0.2, 0.25) is 0 Å². The monoisotopic (exact) mass is 567 g/mol. The van der Waals surface area contributed by atoms with Crippen LogP contribution in [-0.2, 0) is 52.9 Å². The fraction of sp³-hybridized carbons (Fsp3) is 0.500. The van der Waals surface area contributed by atoms with Crippen LogP contribution < -0.4 is 9.60 Å². The van der Waals surface area contributed by atoms with Gasteiger partial charge in [0.25, 0.3) is 0 Å². The molecule has 0 bridgehead atoms. The Morgan fingerprint density at radius 2 is 1.35 bits per heavy atom. The van der Waals surface area contributed by atoms with E-state index in [1.54, 1.807) is 0 Å². The summed E-state index contributed by atoms with van der Waals surface area (Å²) in [7, 11) is -3.89. The summed E-state index contributed by atoms with van der Waals surface area (Å²) in [5.41, 5.74) is 0. The molecular formula is C20H25NO11SSe. The van der Waals surface area contributed by atoms with Gasteiger partial charge in [-0.15, -0.1) is 0 Å². The number of benzene rings is 1. The third kappa shape index (κ3) is 8.06. The van der Waals surface area contributed by atoms with Gasteiger partial charge in [-0.25, -0.2) is 0 Å². The van der Waals surface area contributed by atoms with E-state index in [-0.39, 0.29) is 11.5 Å². The summed E-state index contributed by atoms with van der Waals surface area (Å²) in [6.45, 7) is 4.29. The maximum atomic E-state index is 11.9. The predicted octanol–water partition coefficient (Wildman–Crippen LogP) is -1.25. The third-order valence-electron chi connectivity index (χ3n) is 4.35. The van der Waals surface area contributed by atoms with Crippen LogP contribution in [0.2, 0.25) is 0 Å². The standard InChI is InChI=1S/C20H25NO11SSe/c1-10(22)28-9-16-17(29-11(2)23)18(30-12(3)24)19(31-13(4)25)20(32-16)34-15-7-5-14(6-8-15)33(21,26)27/h5-8,16-20H,9H2,1-4H3,(H2,21,26,27)/t16-,17-,18+,19-,20+/m1/s1. The van der Waals surface area contributed by atoms with Crippen molar-refractivity contribution in [2.45, 2.75) is 62.0 Å². The van der Waals surface area contributed by atoms with Crippen LogP contribution in [0.25, 0.3) is 0 Å². The Balaban J connectivity index is 2.45. The van der Waals surface area contributed by atoms with Crippen LogP contribution >= 0.6 is 0 Å². The van der Waals surface area contributed by atoms with Crippen molar-refractivity contribution < 1.29 is 51.3 Å². The summed E-state index contributed by atoms with van der Waals surface area (Å²) in [6.07, 6.45) is -4.70. The first-order valence-electron chi connectivity index (χ1n) is 9.88. The van der Waals surface area contributed by atoms with Gasteiger partial charge in [-0.3, -0.25) is 0 Å². The summed E-state index contributed by atoms with van der Waals surface area (Å²) in [6, 6.07) is 5.68. The second kappa shape index (κ2) is 11.8. The first-order chi connectivity index (χ1) is 15.8. The molecule has 1 fully saturated rings. The average molecular weight is 566 g/mol. The minimum absolute atomic E-state index is 0.0893. The molecule has 0 saturated carbocycles. The Kier molecular flexibility index (Phi) is 9.59. The first-order valence-corrected chi connectivity index (χ1v) is 13.3. The van der Waals surface area contributed by atoms with Crippen LogP contribution in [-0.4, -0.2) is 83.3 Å². The van der Waals surface area contributed by atoms with E-state index in [1.165, 1.54) is 31.2 Å². The van der Waals surface area contributed by atoms with Crippen LogP contribution in [0.5, 0.6) is 0 Å². The molecule has 1 saturated heterocycles. The average Bonchev–Trinajstić information content (AvgIpc) is 2.69. The number of ether oxygens (including phenoxy) is 5. The van der Waals surface area contributed by atoms with Crippen molar-refractivity contribution in [2.24, 2.45) is 5.14 Å². The molecule has 5 atom stereocenters. The summed E-state index contributed by atoms with van der Waals surface area (Å²) < 4.78 is 50.9. The fourth-order valence-electron chi connectivity index (χ4n) is 3.13. The molecule has 12 nitrogen and oxygen atoms in total. The molecule has 0 aromatic heterocycles. The zero-order chi connectivity index (χ0) is 25.6. The van der Waals surface area contributed by atoms with Crippen molar-refractivity contribution in [1.29, 1.82) is 0 Å². The number of carbonyl (C=O) groups is 4. The van der Waals surface area contributed by atoms with E-state index < -0.39 is 78.3 Å². The summed E-state index contributed by atoms with van der Waals surface area (Å²) in [5.74, 6) is -2.76. The molecular weight excluding hydrogens is 541 g/mol. The molecule has 0 aliphatic carbocycles. The van der Waals surface area contributed by atoms with Gasteiger partial charge in [0.15, 0.2) is 0 Å². The van der Waals surface area contributed by atoms with Crippen molar-refractivity contribution in [3.63, 3.8) is 0 Å². The van der Waals surface area contributed by atoms with Gasteiger partial charge in [0.05, 0.1) is 0 Å². The quantitative estimate of drug-likeness (QED) is 0.226. The van der Waals surface area contributed by atoms with E-state index in [1.807, 2.05) is 0 Å². The minimum atomic E-state index is -3.89. The Hall–Kier alpha value is -2.51. The van der Waals surface area contributed by atoms with E-state index in [4.69, 9.17) is 28.8 Å². The second-order valence-corrected chi connectivity index (χ2v) is 11.2. The van der Waals surface area contributed by atoms with E-state index in [9.17, 15) is 27.6 Å². The van der Waals surface area contributed by atoms with Gasteiger partial charge >= 0.3 is 203 Å². The van der Waals surface area contributed by atoms with E-state index in [2.05, 4.69) is 0 Å². The molecule has 1 aromatic rings. The molecule has 1 heterocycles. The summed E-state index contributed by atoms with van der Waals surface area (Å²) >= 11 is -0.634. The molecule has 188 valence electrons. The van der Waals surface area contributed by atoms with Crippen molar-refractivity contribution in [3.8, 4) is 0 Å². The number of esters is 4. The third-order valence-corrected chi connectivity index (χ3v) is 7.71. The molecule has 14 heteroatoms. The Bertz CT molecular complexity index is 1030. The van der Waals surface area contributed by atoms with Crippen molar-refractivity contribution in [3.05, 3.63) is 24.3 Å². The van der Waals surface area contributed by atoms with Crippen molar-refractivity contribution in [1.82, 2.24) is 0 Å². The Labute approximate surface area is 202 Å². The Morgan fingerprint density at radius 3 is 1.82 bits per heavy atom. The van der Waals surface area contributed by atoms with Gasteiger partial charge in [-0.05, 0) is 0 Å². The predicted molar refractivity (Wildman–Crippen MR) is 115 cm³/mol. The Morgan fingerprint density at radius 1 is 0.853 bits per heavy atom. The zero-order valence-corrected chi connectivity index (χ0v) is 21.3. The number of carbonyl (C=O) groups excluding carboxylic acids is 4. The molecule has 2 N–H and O–H groups in total. The van der Waals surface area contributed by atoms with Gasteiger partial charge in [-0.2, -0.15) is 0 Å². The SMILES string of the molecule is CC(=O)OC[C@H]1O[C@@H]([Se]c2ccc(S(N)(=O)=O)cc2)[C@H](OC(C)=O)[C@@H](OC(C)=O)[C@@H]1OC(C)=O. The molecule has 2 rings (SSSR count). The number of hydrogen-bond acceptors (Lipinski definition) is 11. The maximum absolute atomic E-state index is 11.9. The first kappa shape index (κ1) is 27.7. The van der Waals surface area contributed by atoms with Gasteiger partial charge < -0.3 is 0 Å². The topological polar surface area (TPSA) is 175 Å². The fourth-order valence-corrected chi connectivity index (χ4v) is 5.96. The second-order valence-electron chi connectivity index (χ2n) is 7.20. The summed E-state index contributed by atoms with van der Waals surface area (Å²) in [5, 5.41) is 4.25. The van der Waals surface area contributed by atoms with E-state index >= 15 is 0 Å². The van der Waals surface area contributed by atoms with E-state index in [0.717, 1.165) is 20.8 Å². The normalized spacial score (nSPS) is 24.6.